The van der Waals surface area contributed by atoms with Crippen molar-refractivity contribution in [3.8, 4) is 0 Å². The van der Waals surface area contributed by atoms with E-state index >= 15 is 0 Å². The van der Waals surface area contributed by atoms with Crippen molar-refractivity contribution in [3.63, 3.8) is 0 Å². The van der Waals surface area contributed by atoms with Crippen LogP contribution in [-0.4, -0.2) is 114 Å². The molecule has 0 aromatic heterocycles. The quantitative estimate of drug-likeness (QED) is 0.115. The summed E-state index contributed by atoms with van der Waals surface area (Å²) in [5, 5.41) is 41.7. The molecule has 53 heavy (non-hydrogen) atoms. The molecule has 0 amide bonds. The largest absolute Gasteiger partial charge is 0.508 e. The summed E-state index contributed by atoms with van der Waals surface area (Å²) >= 11 is 0. The van der Waals surface area contributed by atoms with Gasteiger partial charge in [-0.05, 0) is 51.0 Å². The summed E-state index contributed by atoms with van der Waals surface area (Å²) in [6.45, 7) is 7.89. The monoisotopic (exact) mass is 746 g/mol. The van der Waals surface area contributed by atoms with Crippen LogP contribution in [0.3, 0.4) is 0 Å². The molecule has 0 aromatic rings. The minimum atomic E-state index is -1.11. The molecule has 0 aromatic carbocycles. The second-order valence-corrected chi connectivity index (χ2v) is 15.6. The first kappa shape index (κ1) is 41.1. The Balaban J connectivity index is 1.36. The van der Waals surface area contributed by atoms with Gasteiger partial charge in [-0.15, -0.1) is 0 Å². The molecule has 1 saturated carbocycles. The molecule has 4 bridgehead atoms. The van der Waals surface area contributed by atoms with Crippen LogP contribution < -0.4 is 0 Å². The number of carbonyl (C=O) groups is 3. The number of methoxy groups -OCH3 is 1. The third kappa shape index (κ3) is 7.75. The highest BCUT2D eigenvalue weighted by Crippen LogP contribution is 2.61. The predicted octanol–water partition coefficient (Wildman–Crippen LogP) is 3.58. The molecule has 2 unspecified atom stereocenters. The van der Waals surface area contributed by atoms with E-state index < -0.39 is 103 Å². The summed E-state index contributed by atoms with van der Waals surface area (Å²) in [4.78, 5) is 39.8. The number of esters is 2. The SMILES string of the molecule is CCCC(CCOC(=O)O[C@H](C)[C@H]1OC(=O)[C@@H](OC)CC2C=C[C@H]3[C@H]4O[C@]2(/C(C)=C/[C@H]1C)[C@@H]3[C@H](O)[C@@H](C)[C@H]4OC(=O)C1=CC=CC1)C(CO)(CO)CO. The lowest BCUT2D eigenvalue weighted by molar-refractivity contribution is -0.174. The van der Waals surface area contributed by atoms with Gasteiger partial charge in [-0.3, -0.25) is 0 Å². The molecule has 5 aliphatic rings. The number of rotatable bonds is 14. The van der Waals surface area contributed by atoms with Gasteiger partial charge in [0.15, 0.2) is 6.10 Å². The zero-order chi connectivity index (χ0) is 38.7. The Morgan fingerprint density at radius 3 is 2.45 bits per heavy atom. The normalized spacial score (nSPS) is 37.1. The number of aliphatic hydroxyl groups is 4. The molecule has 1 saturated heterocycles. The van der Waals surface area contributed by atoms with Gasteiger partial charge in [-0.2, -0.15) is 0 Å². The molecule has 13 heteroatoms. The maximum Gasteiger partial charge on any atom is 0.508 e. The third-order valence-corrected chi connectivity index (χ3v) is 12.6. The molecule has 13 nitrogen and oxygen atoms in total. The topological polar surface area (TPSA) is 188 Å². The molecular weight excluding hydrogens is 688 g/mol. The van der Waals surface area contributed by atoms with E-state index in [-0.39, 0.29) is 37.2 Å². The van der Waals surface area contributed by atoms with Crippen LogP contribution in [0, 0.1) is 40.9 Å². The first-order valence-electron chi connectivity index (χ1n) is 19.0. The molecule has 13 atom stereocenters. The molecule has 2 aliphatic heterocycles. The molecular formula is C40H58O13. The van der Waals surface area contributed by atoms with Crippen molar-refractivity contribution in [3.05, 3.63) is 47.6 Å². The smallest absolute Gasteiger partial charge is 0.456 e. The van der Waals surface area contributed by atoms with Crippen molar-refractivity contribution >= 4 is 18.1 Å². The van der Waals surface area contributed by atoms with Crippen molar-refractivity contribution < 1.29 is 63.2 Å². The Bertz CT molecular complexity index is 1440. The van der Waals surface area contributed by atoms with Gasteiger partial charge in [0.05, 0.1) is 32.5 Å². The van der Waals surface area contributed by atoms with E-state index in [0.717, 1.165) is 12.0 Å². The second kappa shape index (κ2) is 17.2. The average Bonchev–Trinajstić information content (AvgIpc) is 3.75. The number of allylic oxidation sites excluding steroid dienone is 3. The Labute approximate surface area is 312 Å². The van der Waals surface area contributed by atoms with Crippen LogP contribution in [0.1, 0.15) is 66.7 Å². The standard InChI is InChI=1S/C40H58O13/c1-7-10-27(39(19-41,20-42)21-43)15-16-49-38(47)50-25(5)33-22(2)17-23(3)40-28(18-30(48-6)37(46)51-33)13-14-29-31(40)32(44)24(4)34(35(29)53-40)52-36(45)26-11-8-9-12-26/h8-9,11,13-14,17,22,24-25,27-35,41-44H,7,10,12,15-16,18-21H2,1-6H3/b23-17+/t22-,24-,25-,27?,28?,29-,30+,31+,32-,33+,34-,35-,40+/m1/s1. The predicted molar refractivity (Wildman–Crippen MR) is 191 cm³/mol. The first-order valence-corrected chi connectivity index (χ1v) is 19.0. The molecule has 2 heterocycles. The summed E-state index contributed by atoms with van der Waals surface area (Å²) in [6, 6.07) is 0. The van der Waals surface area contributed by atoms with Crippen LogP contribution in [0.4, 0.5) is 4.79 Å². The fourth-order valence-corrected chi connectivity index (χ4v) is 9.46. The van der Waals surface area contributed by atoms with Gasteiger partial charge < -0.3 is 48.8 Å². The molecule has 0 radical (unpaired) electrons. The number of aliphatic hydroxyl groups excluding tert-OH is 4. The van der Waals surface area contributed by atoms with Crippen LogP contribution in [0.2, 0.25) is 0 Å². The van der Waals surface area contributed by atoms with Gasteiger partial charge in [0.25, 0.3) is 0 Å². The van der Waals surface area contributed by atoms with Crippen LogP contribution in [0.15, 0.2) is 47.6 Å². The molecule has 4 N–H and O–H groups in total. The minimum Gasteiger partial charge on any atom is -0.456 e. The van der Waals surface area contributed by atoms with Crippen LogP contribution in [0.25, 0.3) is 0 Å². The van der Waals surface area contributed by atoms with Gasteiger partial charge in [-0.1, -0.05) is 63.6 Å². The lowest BCUT2D eigenvalue weighted by Gasteiger charge is -2.49. The van der Waals surface area contributed by atoms with Gasteiger partial charge in [-0.25, -0.2) is 14.4 Å². The summed E-state index contributed by atoms with van der Waals surface area (Å²) in [5.74, 6) is -3.32. The highest BCUT2D eigenvalue weighted by atomic mass is 16.7. The van der Waals surface area contributed by atoms with E-state index in [1.54, 1.807) is 13.0 Å². The lowest BCUT2D eigenvalue weighted by atomic mass is 9.57. The number of hydrogen-bond acceptors (Lipinski definition) is 13. The van der Waals surface area contributed by atoms with Gasteiger partial charge in [0.2, 0.25) is 0 Å². The van der Waals surface area contributed by atoms with Crippen molar-refractivity contribution in [2.45, 2.75) is 109 Å². The van der Waals surface area contributed by atoms with E-state index in [0.29, 0.717) is 18.4 Å². The molecule has 3 aliphatic carbocycles. The molecule has 1 spiro atoms. The van der Waals surface area contributed by atoms with Crippen molar-refractivity contribution in [1.29, 1.82) is 0 Å². The Morgan fingerprint density at radius 2 is 1.83 bits per heavy atom. The minimum absolute atomic E-state index is 0.0766. The van der Waals surface area contributed by atoms with E-state index in [4.69, 9.17) is 28.4 Å². The third-order valence-electron chi connectivity index (χ3n) is 12.6. The number of carbonyl (C=O) groups excluding carboxylic acids is 3. The van der Waals surface area contributed by atoms with E-state index in [1.165, 1.54) is 7.11 Å². The molecule has 296 valence electrons. The summed E-state index contributed by atoms with van der Waals surface area (Å²) in [7, 11) is 1.43. The van der Waals surface area contributed by atoms with Crippen molar-refractivity contribution in [1.82, 2.24) is 0 Å². The fraction of sp³-hybridized carbons (Fsp3) is 0.725. The molecule has 2 fully saturated rings. The Kier molecular flexibility index (Phi) is 13.3. The van der Waals surface area contributed by atoms with Crippen LogP contribution in [-0.2, 0) is 38.0 Å². The first-order chi connectivity index (χ1) is 25.3. The Morgan fingerprint density at radius 1 is 1.11 bits per heavy atom. The zero-order valence-corrected chi connectivity index (χ0v) is 31.7. The second-order valence-electron chi connectivity index (χ2n) is 15.6. The van der Waals surface area contributed by atoms with E-state index in [9.17, 15) is 34.8 Å². The van der Waals surface area contributed by atoms with Crippen LogP contribution in [0.5, 0.6) is 0 Å². The molecule has 5 rings (SSSR count). The average molecular weight is 747 g/mol. The maximum atomic E-state index is 13.7. The van der Waals surface area contributed by atoms with Crippen LogP contribution >= 0.6 is 0 Å². The fourth-order valence-electron chi connectivity index (χ4n) is 9.46. The van der Waals surface area contributed by atoms with E-state index in [2.05, 4.69) is 0 Å². The van der Waals surface area contributed by atoms with E-state index in [1.807, 2.05) is 58.1 Å². The Hall–Kier alpha value is -3.07. The zero-order valence-electron chi connectivity index (χ0n) is 31.7. The lowest BCUT2D eigenvalue weighted by Crippen LogP contribution is -2.57. The highest BCUT2D eigenvalue weighted by Gasteiger charge is 2.69. The summed E-state index contributed by atoms with van der Waals surface area (Å²) in [5.41, 5.74) is -0.805. The van der Waals surface area contributed by atoms with Gasteiger partial charge in [0, 0.05) is 47.7 Å². The number of hydrogen-bond donors (Lipinski definition) is 4. The van der Waals surface area contributed by atoms with Gasteiger partial charge >= 0.3 is 18.1 Å². The summed E-state index contributed by atoms with van der Waals surface area (Å²) < 4.78 is 35.9. The number of cyclic esters (lactones) is 1. The summed E-state index contributed by atoms with van der Waals surface area (Å²) in [6.07, 6.45) is 7.70. The van der Waals surface area contributed by atoms with Crippen molar-refractivity contribution in [2.75, 3.05) is 33.5 Å². The number of ether oxygens (including phenoxy) is 6. The maximum absolute atomic E-state index is 13.7. The van der Waals surface area contributed by atoms with Crippen molar-refractivity contribution in [2.24, 2.45) is 40.9 Å². The van der Waals surface area contributed by atoms with Gasteiger partial charge in [0.1, 0.15) is 30.0 Å². The highest BCUT2D eigenvalue weighted by molar-refractivity contribution is 5.90.